The number of hydrogen-bond acceptors (Lipinski definition) is 5. The van der Waals surface area contributed by atoms with E-state index in [0.29, 0.717) is 11.1 Å². The fraction of sp³-hybridized carbons (Fsp3) is 0. The van der Waals surface area contributed by atoms with Crippen LogP contribution in [0, 0.1) is 0 Å². The van der Waals surface area contributed by atoms with Gasteiger partial charge in [-0.05, 0) is 51.5 Å². The summed E-state index contributed by atoms with van der Waals surface area (Å²) in [7, 11) is 0. The van der Waals surface area contributed by atoms with E-state index in [1.165, 1.54) is 11.0 Å². The summed E-state index contributed by atoms with van der Waals surface area (Å²) in [5.41, 5.74) is 6.49. The average Bonchev–Trinajstić information content (AvgIpc) is 3.26. The Morgan fingerprint density at radius 1 is 0.815 bits per heavy atom. The standard InChI is InChI=1S/C19H14N6O2/c26-18(14-8-10-15(11-9-14)25-12-20-23-24-25)21-22-19(27)17-7-3-5-13-4-1-2-6-16(13)17/h1-12H,(H,21,26)(H,22,27). The van der Waals surface area contributed by atoms with Crippen molar-refractivity contribution < 1.29 is 9.59 Å². The number of carbonyl (C=O) groups is 2. The summed E-state index contributed by atoms with van der Waals surface area (Å²) in [5.74, 6) is -0.808. The van der Waals surface area contributed by atoms with Gasteiger partial charge in [0.15, 0.2) is 0 Å². The van der Waals surface area contributed by atoms with E-state index in [9.17, 15) is 9.59 Å². The first kappa shape index (κ1) is 16.4. The van der Waals surface area contributed by atoms with Crippen molar-refractivity contribution in [3.8, 4) is 5.69 Å². The minimum atomic E-state index is -0.424. The van der Waals surface area contributed by atoms with Crippen molar-refractivity contribution in [2.24, 2.45) is 0 Å². The molecule has 0 spiro atoms. The van der Waals surface area contributed by atoms with Gasteiger partial charge in [0.1, 0.15) is 6.33 Å². The Morgan fingerprint density at radius 3 is 2.33 bits per heavy atom. The Morgan fingerprint density at radius 2 is 1.56 bits per heavy atom. The molecule has 0 aliphatic rings. The van der Waals surface area contributed by atoms with Crippen molar-refractivity contribution in [2.75, 3.05) is 0 Å². The van der Waals surface area contributed by atoms with Gasteiger partial charge in [0.2, 0.25) is 0 Å². The van der Waals surface area contributed by atoms with Crippen LogP contribution in [0.15, 0.2) is 73.1 Å². The highest BCUT2D eigenvalue weighted by molar-refractivity contribution is 6.08. The quantitative estimate of drug-likeness (QED) is 0.545. The minimum Gasteiger partial charge on any atom is -0.267 e. The zero-order valence-electron chi connectivity index (χ0n) is 14.0. The molecule has 27 heavy (non-hydrogen) atoms. The van der Waals surface area contributed by atoms with Crippen LogP contribution in [0.25, 0.3) is 16.5 Å². The lowest BCUT2D eigenvalue weighted by atomic mass is 10.0. The smallest absolute Gasteiger partial charge is 0.267 e. The zero-order chi connectivity index (χ0) is 18.6. The number of benzene rings is 3. The van der Waals surface area contributed by atoms with E-state index in [-0.39, 0.29) is 5.91 Å². The zero-order valence-corrected chi connectivity index (χ0v) is 14.0. The van der Waals surface area contributed by atoms with Crippen molar-refractivity contribution in [1.82, 2.24) is 31.1 Å². The largest absolute Gasteiger partial charge is 0.270 e. The van der Waals surface area contributed by atoms with E-state index in [1.807, 2.05) is 30.3 Å². The van der Waals surface area contributed by atoms with Crippen LogP contribution >= 0.6 is 0 Å². The van der Waals surface area contributed by atoms with Gasteiger partial charge < -0.3 is 0 Å². The number of tetrazole rings is 1. The van der Waals surface area contributed by atoms with Gasteiger partial charge in [-0.15, -0.1) is 5.10 Å². The number of fused-ring (bicyclic) bond motifs is 1. The van der Waals surface area contributed by atoms with Crippen molar-refractivity contribution in [3.05, 3.63) is 84.2 Å². The number of amides is 2. The van der Waals surface area contributed by atoms with Crippen molar-refractivity contribution >= 4 is 22.6 Å². The van der Waals surface area contributed by atoms with E-state index in [0.717, 1.165) is 16.5 Å². The molecule has 0 aliphatic heterocycles. The predicted molar refractivity (Wildman–Crippen MR) is 98.0 cm³/mol. The van der Waals surface area contributed by atoms with Crippen LogP contribution in [0.3, 0.4) is 0 Å². The highest BCUT2D eigenvalue weighted by Gasteiger charge is 2.12. The number of hydrazine groups is 1. The molecule has 2 amide bonds. The first-order chi connectivity index (χ1) is 13.2. The molecular formula is C19H14N6O2. The van der Waals surface area contributed by atoms with E-state index < -0.39 is 5.91 Å². The summed E-state index contributed by atoms with van der Waals surface area (Å²) < 4.78 is 1.48. The van der Waals surface area contributed by atoms with Crippen LogP contribution in [0.2, 0.25) is 0 Å². The molecule has 8 heteroatoms. The molecule has 8 nitrogen and oxygen atoms in total. The summed E-state index contributed by atoms with van der Waals surface area (Å²) in [4.78, 5) is 24.7. The summed E-state index contributed by atoms with van der Waals surface area (Å²) in [6.07, 6.45) is 1.46. The Kier molecular flexibility index (Phi) is 4.28. The van der Waals surface area contributed by atoms with Crippen molar-refractivity contribution in [1.29, 1.82) is 0 Å². The van der Waals surface area contributed by atoms with Crippen LogP contribution in [-0.2, 0) is 0 Å². The van der Waals surface area contributed by atoms with Gasteiger partial charge in [-0.1, -0.05) is 36.4 Å². The first-order valence-corrected chi connectivity index (χ1v) is 8.14. The van der Waals surface area contributed by atoms with E-state index in [1.54, 1.807) is 36.4 Å². The molecule has 0 unspecified atom stereocenters. The summed E-state index contributed by atoms with van der Waals surface area (Å²) in [6.45, 7) is 0. The minimum absolute atomic E-state index is 0.384. The topological polar surface area (TPSA) is 102 Å². The highest BCUT2D eigenvalue weighted by atomic mass is 16.2. The number of carbonyl (C=O) groups excluding carboxylic acids is 2. The molecule has 1 heterocycles. The number of aromatic nitrogens is 4. The number of rotatable bonds is 3. The fourth-order valence-corrected chi connectivity index (χ4v) is 2.72. The van der Waals surface area contributed by atoms with Crippen molar-refractivity contribution in [2.45, 2.75) is 0 Å². The van der Waals surface area contributed by atoms with Gasteiger partial charge in [-0.25, -0.2) is 4.68 Å². The molecule has 132 valence electrons. The third-order valence-electron chi connectivity index (χ3n) is 4.07. The Labute approximate surface area is 153 Å². The Balaban J connectivity index is 1.45. The summed E-state index contributed by atoms with van der Waals surface area (Å²) in [6, 6.07) is 19.7. The maximum atomic E-state index is 12.5. The van der Waals surface area contributed by atoms with Crippen molar-refractivity contribution in [3.63, 3.8) is 0 Å². The molecule has 1 aromatic heterocycles. The third-order valence-corrected chi connectivity index (χ3v) is 4.07. The van der Waals surface area contributed by atoms with Crippen LogP contribution in [0.4, 0.5) is 0 Å². The summed E-state index contributed by atoms with van der Waals surface area (Å²) >= 11 is 0. The highest BCUT2D eigenvalue weighted by Crippen LogP contribution is 2.18. The molecule has 0 saturated heterocycles. The molecule has 4 rings (SSSR count). The Hall–Kier alpha value is -4.07. The lowest BCUT2D eigenvalue weighted by Crippen LogP contribution is -2.41. The molecule has 4 aromatic rings. The maximum Gasteiger partial charge on any atom is 0.270 e. The molecule has 0 atom stereocenters. The number of hydrogen-bond donors (Lipinski definition) is 2. The lowest BCUT2D eigenvalue weighted by Gasteiger charge is -2.10. The molecular weight excluding hydrogens is 344 g/mol. The van der Waals surface area contributed by atoms with Gasteiger partial charge >= 0.3 is 0 Å². The predicted octanol–water partition coefficient (Wildman–Crippen LogP) is 1.89. The monoisotopic (exact) mass is 358 g/mol. The number of nitrogens with zero attached hydrogens (tertiary/aromatic N) is 4. The second-order valence-corrected chi connectivity index (χ2v) is 5.74. The maximum absolute atomic E-state index is 12.5. The third kappa shape index (κ3) is 3.36. The van der Waals surface area contributed by atoms with Crippen LogP contribution in [0.1, 0.15) is 20.7 Å². The average molecular weight is 358 g/mol. The van der Waals surface area contributed by atoms with E-state index >= 15 is 0 Å². The van der Waals surface area contributed by atoms with E-state index in [2.05, 4.69) is 26.4 Å². The molecule has 0 saturated carbocycles. The summed E-state index contributed by atoms with van der Waals surface area (Å²) in [5, 5.41) is 12.7. The fourth-order valence-electron chi connectivity index (χ4n) is 2.72. The SMILES string of the molecule is O=C(NNC(=O)c1cccc2ccccc12)c1ccc(-n2cnnn2)cc1. The van der Waals surface area contributed by atoms with Gasteiger partial charge in [0.25, 0.3) is 11.8 Å². The second-order valence-electron chi connectivity index (χ2n) is 5.74. The molecule has 0 bridgehead atoms. The van der Waals surface area contributed by atoms with Gasteiger partial charge in [-0.3, -0.25) is 20.4 Å². The second kappa shape index (κ2) is 7.04. The molecule has 2 N–H and O–H groups in total. The molecule has 3 aromatic carbocycles. The van der Waals surface area contributed by atoms with Crippen LogP contribution < -0.4 is 10.9 Å². The molecule has 0 fully saturated rings. The van der Waals surface area contributed by atoms with Crippen LogP contribution in [-0.4, -0.2) is 32.0 Å². The van der Waals surface area contributed by atoms with Gasteiger partial charge in [-0.2, -0.15) is 0 Å². The normalized spacial score (nSPS) is 10.5. The number of nitrogens with one attached hydrogen (secondary N) is 2. The molecule has 0 aliphatic carbocycles. The van der Waals surface area contributed by atoms with Crippen LogP contribution in [0.5, 0.6) is 0 Å². The van der Waals surface area contributed by atoms with Gasteiger partial charge in [0.05, 0.1) is 5.69 Å². The Bertz CT molecular complexity index is 1100. The van der Waals surface area contributed by atoms with E-state index in [4.69, 9.17) is 0 Å². The first-order valence-electron chi connectivity index (χ1n) is 8.14. The molecule has 0 radical (unpaired) electrons. The van der Waals surface area contributed by atoms with Gasteiger partial charge in [0, 0.05) is 11.1 Å². The lowest BCUT2D eigenvalue weighted by molar-refractivity contribution is 0.0847.